The first kappa shape index (κ1) is 8.97. The van der Waals surface area contributed by atoms with Crippen molar-refractivity contribution < 1.29 is 4.79 Å². The predicted molar refractivity (Wildman–Crippen MR) is 47.0 cm³/mol. The van der Waals surface area contributed by atoms with Gasteiger partial charge >= 0.3 is 0 Å². The molecule has 1 rings (SSSR count). The molecule has 66 valence electrons. The van der Waals surface area contributed by atoms with Crippen LogP contribution in [0.15, 0.2) is 12.5 Å². The second-order valence-electron chi connectivity index (χ2n) is 3.06. The van der Waals surface area contributed by atoms with Crippen molar-refractivity contribution in [3.8, 4) is 0 Å². The molecule has 0 radical (unpaired) electrons. The van der Waals surface area contributed by atoms with Crippen molar-refractivity contribution in [2.45, 2.75) is 20.3 Å². The standard InChI is InChI=1S/C9H14N2O/c1-4-7(2)9(12)8-5-10-6-11(8)3/h5-7H,4H2,1-3H3. The summed E-state index contributed by atoms with van der Waals surface area (Å²) >= 11 is 0. The molecule has 0 saturated heterocycles. The topological polar surface area (TPSA) is 34.9 Å². The van der Waals surface area contributed by atoms with Crippen molar-refractivity contribution in [1.29, 1.82) is 0 Å². The Hall–Kier alpha value is -1.12. The molecule has 0 N–H and O–H groups in total. The lowest BCUT2D eigenvalue weighted by Gasteiger charge is -2.06. The van der Waals surface area contributed by atoms with Gasteiger partial charge in [0, 0.05) is 13.0 Å². The lowest BCUT2D eigenvalue weighted by molar-refractivity contribution is 0.0919. The van der Waals surface area contributed by atoms with Crippen molar-refractivity contribution in [1.82, 2.24) is 9.55 Å². The van der Waals surface area contributed by atoms with Crippen LogP contribution in [0.25, 0.3) is 0 Å². The summed E-state index contributed by atoms with van der Waals surface area (Å²) in [6, 6.07) is 0. The monoisotopic (exact) mass is 166 g/mol. The van der Waals surface area contributed by atoms with Gasteiger partial charge in [-0.3, -0.25) is 4.79 Å². The average Bonchev–Trinajstić information content (AvgIpc) is 2.48. The zero-order valence-corrected chi connectivity index (χ0v) is 7.74. The van der Waals surface area contributed by atoms with Gasteiger partial charge in [0.05, 0.1) is 12.5 Å². The molecule has 0 aliphatic carbocycles. The molecule has 12 heavy (non-hydrogen) atoms. The Balaban J connectivity index is 2.85. The number of ketones is 1. The Bertz CT molecular complexity index is 278. The molecular weight excluding hydrogens is 152 g/mol. The van der Waals surface area contributed by atoms with E-state index in [0.29, 0.717) is 5.69 Å². The third-order valence-electron chi connectivity index (χ3n) is 2.13. The van der Waals surface area contributed by atoms with Crippen molar-refractivity contribution in [3.63, 3.8) is 0 Å². The fraction of sp³-hybridized carbons (Fsp3) is 0.556. The zero-order valence-electron chi connectivity index (χ0n) is 7.74. The van der Waals surface area contributed by atoms with Crippen LogP contribution < -0.4 is 0 Å². The number of Topliss-reactive ketones (excluding diaryl/α,β-unsaturated/α-hetero) is 1. The van der Waals surface area contributed by atoms with Gasteiger partial charge in [0.25, 0.3) is 0 Å². The van der Waals surface area contributed by atoms with E-state index in [0.717, 1.165) is 6.42 Å². The van der Waals surface area contributed by atoms with E-state index in [9.17, 15) is 4.79 Å². The van der Waals surface area contributed by atoms with Crippen LogP contribution in [0.2, 0.25) is 0 Å². The Morgan fingerprint density at radius 3 is 2.83 bits per heavy atom. The quantitative estimate of drug-likeness (QED) is 0.640. The van der Waals surface area contributed by atoms with E-state index in [4.69, 9.17) is 0 Å². The van der Waals surface area contributed by atoms with E-state index in [1.54, 1.807) is 17.1 Å². The summed E-state index contributed by atoms with van der Waals surface area (Å²) < 4.78 is 1.76. The van der Waals surface area contributed by atoms with Gasteiger partial charge in [-0.2, -0.15) is 0 Å². The minimum Gasteiger partial charge on any atom is -0.331 e. The Morgan fingerprint density at radius 1 is 1.75 bits per heavy atom. The third kappa shape index (κ3) is 1.55. The summed E-state index contributed by atoms with van der Waals surface area (Å²) in [5, 5.41) is 0. The van der Waals surface area contributed by atoms with Gasteiger partial charge in [-0.15, -0.1) is 0 Å². The fourth-order valence-corrected chi connectivity index (χ4v) is 1.03. The summed E-state index contributed by atoms with van der Waals surface area (Å²) in [7, 11) is 1.84. The number of aryl methyl sites for hydroxylation is 1. The van der Waals surface area contributed by atoms with E-state index in [-0.39, 0.29) is 11.7 Å². The van der Waals surface area contributed by atoms with Crippen LogP contribution >= 0.6 is 0 Å². The molecule has 0 fully saturated rings. The number of carbonyl (C=O) groups excluding carboxylic acids is 1. The normalized spacial score (nSPS) is 12.9. The highest BCUT2D eigenvalue weighted by Gasteiger charge is 2.15. The summed E-state index contributed by atoms with van der Waals surface area (Å²) in [5.41, 5.74) is 0.698. The summed E-state index contributed by atoms with van der Waals surface area (Å²) in [5.74, 6) is 0.276. The average molecular weight is 166 g/mol. The first-order valence-electron chi connectivity index (χ1n) is 4.17. The molecule has 1 unspecified atom stereocenters. The Labute approximate surface area is 72.4 Å². The largest absolute Gasteiger partial charge is 0.331 e. The van der Waals surface area contributed by atoms with Crippen molar-refractivity contribution in [2.24, 2.45) is 13.0 Å². The van der Waals surface area contributed by atoms with Gasteiger partial charge in [-0.05, 0) is 6.42 Å². The van der Waals surface area contributed by atoms with Gasteiger partial charge in [0.15, 0.2) is 5.78 Å². The fourth-order valence-electron chi connectivity index (χ4n) is 1.03. The first-order valence-corrected chi connectivity index (χ1v) is 4.17. The van der Waals surface area contributed by atoms with E-state index in [2.05, 4.69) is 4.98 Å². The molecule has 3 nitrogen and oxygen atoms in total. The number of aromatic nitrogens is 2. The van der Waals surface area contributed by atoms with Crippen molar-refractivity contribution in [2.75, 3.05) is 0 Å². The molecule has 1 atom stereocenters. The summed E-state index contributed by atoms with van der Waals surface area (Å²) in [6.07, 6.45) is 4.15. The highest BCUT2D eigenvalue weighted by atomic mass is 16.1. The van der Waals surface area contributed by atoms with Crippen LogP contribution in [0.3, 0.4) is 0 Å². The number of carbonyl (C=O) groups is 1. The third-order valence-corrected chi connectivity index (χ3v) is 2.13. The minimum atomic E-state index is 0.0976. The zero-order chi connectivity index (χ0) is 9.14. The van der Waals surface area contributed by atoms with Crippen molar-refractivity contribution in [3.05, 3.63) is 18.2 Å². The highest BCUT2D eigenvalue weighted by molar-refractivity contribution is 5.95. The van der Waals surface area contributed by atoms with Gasteiger partial charge in [-0.25, -0.2) is 4.98 Å². The Morgan fingerprint density at radius 2 is 2.42 bits per heavy atom. The van der Waals surface area contributed by atoms with E-state index in [1.807, 2.05) is 20.9 Å². The van der Waals surface area contributed by atoms with Crippen LogP contribution in [-0.4, -0.2) is 15.3 Å². The molecule has 1 aromatic rings. The van der Waals surface area contributed by atoms with Gasteiger partial charge in [0.2, 0.25) is 0 Å². The minimum absolute atomic E-state index is 0.0976. The smallest absolute Gasteiger partial charge is 0.183 e. The lowest BCUT2D eigenvalue weighted by atomic mass is 10.0. The lowest BCUT2D eigenvalue weighted by Crippen LogP contribution is -2.13. The first-order chi connectivity index (χ1) is 5.66. The summed E-state index contributed by atoms with van der Waals surface area (Å²) in [4.78, 5) is 15.5. The Kier molecular flexibility index (Phi) is 2.63. The molecule has 0 amide bonds. The molecule has 1 heterocycles. The van der Waals surface area contributed by atoms with Crippen LogP contribution in [0.1, 0.15) is 30.8 Å². The van der Waals surface area contributed by atoms with E-state index >= 15 is 0 Å². The molecule has 3 heteroatoms. The molecular formula is C9H14N2O. The number of nitrogens with zero attached hydrogens (tertiary/aromatic N) is 2. The molecule has 1 aromatic heterocycles. The van der Waals surface area contributed by atoms with Crippen molar-refractivity contribution >= 4 is 5.78 Å². The maximum atomic E-state index is 11.6. The van der Waals surface area contributed by atoms with Gasteiger partial charge in [-0.1, -0.05) is 13.8 Å². The molecule has 0 saturated carbocycles. The predicted octanol–water partition coefficient (Wildman–Crippen LogP) is 1.65. The molecule has 0 spiro atoms. The molecule has 0 aromatic carbocycles. The maximum absolute atomic E-state index is 11.6. The second kappa shape index (κ2) is 3.52. The number of hydrogen-bond acceptors (Lipinski definition) is 2. The summed E-state index contributed by atoms with van der Waals surface area (Å²) in [6.45, 7) is 3.95. The van der Waals surface area contributed by atoms with Crippen LogP contribution in [0, 0.1) is 5.92 Å². The highest BCUT2D eigenvalue weighted by Crippen LogP contribution is 2.09. The maximum Gasteiger partial charge on any atom is 0.183 e. The van der Waals surface area contributed by atoms with Crippen LogP contribution in [-0.2, 0) is 7.05 Å². The van der Waals surface area contributed by atoms with Crippen LogP contribution in [0.5, 0.6) is 0 Å². The van der Waals surface area contributed by atoms with Gasteiger partial charge in [0.1, 0.15) is 5.69 Å². The van der Waals surface area contributed by atoms with E-state index in [1.165, 1.54) is 0 Å². The number of imidazole rings is 1. The van der Waals surface area contributed by atoms with E-state index < -0.39 is 0 Å². The molecule has 0 aliphatic heterocycles. The molecule has 0 aliphatic rings. The van der Waals surface area contributed by atoms with Gasteiger partial charge < -0.3 is 4.57 Å². The number of hydrogen-bond donors (Lipinski definition) is 0. The number of rotatable bonds is 3. The second-order valence-corrected chi connectivity index (χ2v) is 3.06. The SMILES string of the molecule is CCC(C)C(=O)c1cncn1C. The molecule has 0 bridgehead atoms. The van der Waals surface area contributed by atoms with Crippen LogP contribution in [0.4, 0.5) is 0 Å².